The Morgan fingerprint density at radius 3 is 2.79 bits per heavy atom. The molecule has 0 radical (unpaired) electrons. The molecule has 0 aromatic heterocycles. The molecule has 0 saturated heterocycles. The van der Waals surface area contributed by atoms with Crippen molar-refractivity contribution in [1.29, 1.82) is 0 Å². The van der Waals surface area contributed by atoms with Crippen molar-refractivity contribution < 1.29 is 14.3 Å². The molecular formula is C11H17FO2. The molecule has 1 saturated carbocycles. The number of halogens is 1. The van der Waals surface area contributed by atoms with Crippen LogP contribution in [0.5, 0.6) is 0 Å². The average Bonchev–Trinajstić information content (AvgIpc) is 2.02. The van der Waals surface area contributed by atoms with Gasteiger partial charge in [-0.3, -0.25) is 4.79 Å². The van der Waals surface area contributed by atoms with Crippen LogP contribution >= 0.6 is 0 Å². The molecule has 2 nitrogen and oxygen atoms in total. The van der Waals surface area contributed by atoms with Gasteiger partial charge >= 0.3 is 5.97 Å². The molecule has 1 aliphatic carbocycles. The standard InChI is InChI=1S/C11H17FO2/c1-8-4-3-5-11(6-8,9(2)12)7-10(13)14/h8H,2-7H2,1H3,(H,13,14). The largest absolute Gasteiger partial charge is 0.481 e. The van der Waals surface area contributed by atoms with E-state index in [1.165, 1.54) is 0 Å². The molecule has 2 unspecified atom stereocenters. The predicted octanol–water partition coefficient (Wildman–Crippen LogP) is 3.14. The first kappa shape index (κ1) is 11.2. The summed E-state index contributed by atoms with van der Waals surface area (Å²) in [5, 5.41) is 8.76. The maximum absolute atomic E-state index is 13.3. The van der Waals surface area contributed by atoms with Crippen LogP contribution in [0, 0.1) is 11.3 Å². The molecule has 0 aromatic carbocycles. The van der Waals surface area contributed by atoms with Gasteiger partial charge in [-0.15, -0.1) is 0 Å². The van der Waals surface area contributed by atoms with E-state index in [1.807, 2.05) is 6.92 Å². The SMILES string of the molecule is C=C(F)C1(CC(=O)O)CCCC(C)C1. The maximum Gasteiger partial charge on any atom is 0.304 e. The van der Waals surface area contributed by atoms with Crippen molar-refractivity contribution in [1.82, 2.24) is 0 Å². The van der Waals surface area contributed by atoms with Crippen molar-refractivity contribution in [3.05, 3.63) is 12.4 Å². The van der Waals surface area contributed by atoms with E-state index in [0.717, 1.165) is 12.8 Å². The fraction of sp³-hybridized carbons (Fsp3) is 0.727. The molecular weight excluding hydrogens is 183 g/mol. The van der Waals surface area contributed by atoms with Crippen LogP contribution < -0.4 is 0 Å². The van der Waals surface area contributed by atoms with E-state index < -0.39 is 17.2 Å². The number of hydrogen-bond donors (Lipinski definition) is 1. The number of aliphatic carboxylic acids is 1. The fourth-order valence-electron chi connectivity index (χ4n) is 2.45. The third kappa shape index (κ3) is 2.34. The highest BCUT2D eigenvalue weighted by Gasteiger charge is 2.39. The van der Waals surface area contributed by atoms with Crippen LogP contribution in [0.4, 0.5) is 4.39 Å². The summed E-state index contributed by atoms with van der Waals surface area (Å²) < 4.78 is 13.3. The third-order valence-corrected chi connectivity index (χ3v) is 3.16. The zero-order valence-corrected chi connectivity index (χ0v) is 8.55. The van der Waals surface area contributed by atoms with E-state index in [1.54, 1.807) is 0 Å². The lowest BCUT2D eigenvalue weighted by Crippen LogP contribution is -2.31. The van der Waals surface area contributed by atoms with E-state index >= 15 is 0 Å². The van der Waals surface area contributed by atoms with Crippen molar-refractivity contribution in [2.24, 2.45) is 11.3 Å². The molecule has 14 heavy (non-hydrogen) atoms. The Hall–Kier alpha value is -0.860. The minimum absolute atomic E-state index is 0.118. The van der Waals surface area contributed by atoms with Crippen molar-refractivity contribution in [2.75, 3.05) is 0 Å². The second kappa shape index (κ2) is 4.11. The van der Waals surface area contributed by atoms with Crippen molar-refractivity contribution in [3.8, 4) is 0 Å². The molecule has 1 N–H and O–H groups in total. The molecule has 1 rings (SSSR count). The van der Waals surface area contributed by atoms with Crippen molar-refractivity contribution in [2.45, 2.75) is 39.0 Å². The van der Waals surface area contributed by atoms with Gasteiger partial charge in [-0.25, -0.2) is 4.39 Å². The highest BCUT2D eigenvalue weighted by Crippen LogP contribution is 2.47. The fourth-order valence-corrected chi connectivity index (χ4v) is 2.45. The zero-order chi connectivity index (χ0) is 10.8. The van der Waals surface area contributed by atoms with Gasteiger partial charge in [0, 0.05) is 5.41 Å². The van der Waals surface area contributed by atoms with Crippen LogP contribution in [0.1, 0.15) is 39.0 Å². The Morgan fingerprint density at radius 1 is 1.71 bits per heavy atom. The van der Waals surface area contributed by atoms with Gasteiger partial charge in [0.15, 0.2) is 0 Å². The van der Waals surface area contributed by atoms with Gasteiger partial charge in [-0.05, 0) is 18.8 Å². The van der Waals surface area contributed by atoms with Gasteiger partial charge in [0.1, 0.15) is 0 Å². The normalized spacial score (nSPS) is 32.6. The Balaban J connectivity index is 2.80. The quantitative estimate of drug-likeness (QED) is 0.759. The predicted molar refractivity (Wildman–Crippen MR) is 52.6 cm³/mol. The Labute approximate surface area is 83.8 Å². The third-order valence-electron chi connectivity index (χ3n) is 3.16. The Kier molecular flexibility index (Phi) is 3.29. The summed E-state index contributed by atoms with van der Waals surface area (Å²) in [4.78, 5) is 10.7. The molecule has 0 aliphatic heterocycles. The Bertz CT molecular complexity index is 250. The average molecular weight is 200 g/mol. The molecule has 0 aromatic rings. The summed E-state index contributed by atoms with van der Waals surface area (Å²) in [6.45, 7) is 5.35. The van der Waals surface area contributed by atoms with Gasteiger partial charge in [0.05, 0.1) is 12.2 Å². The van der Waals surface area contributed by atoms with E-state index in [-0.39, 0.29) is 6.42 Å². The number of carboxylic acid groups (broad SMARTS) is 1. The lowest BCUT2D eigenvalue weighted by atomic mass is 9.67. The second-order valence-corrected chi connectivity index (χ2v) is 4.46. The van der Waals surface area contributed by atoms with Crippen LogP contribution in [-0.2, 0) is 4.79 Å². The molecule has 3 heteroatoms. The van der Waals surface area contributed by atoms with Crippen LogP contribution in [0.2, 0.25) is 0 Å². The summed E-state index contributed by atoms with van der Waals surface area (Å²) in [6.07, 6.45) is 3.09. The number of rotatable bonds is 3. The summed E-state index contributed by atoms with van der Waals surface area (Å²) in [7, 11) is 0. The van der Waals surface area contributed by atoms with Crippen LogP contribution in [0.25, 0.3) is 0 Å². The topological polar surface area (TPSA) is 37.3 Å². The molecule has 1 fully saturated rings. The van der Waals surface area contributed by atoms with E-state index in [0.29, 0.717) is 18.8 Å². The minimum atomic E-state index is -0.932. The molecule has 0 spiro atoms. The summed E-state index contributed by atoms with van der Waals surface area (Å²) >= 11 is 0. The highest BCUT2D eigenvalue weighted by molar-refractivity contribution is 5.68. The molecule has 0 amide bonds. The van der Waals surface area contributed by atoms with Crippen molar-refractivity contribution in [3.63, 3.8) is 0 Å². The van der Waals surface area contributed by atoms with E-state index in [4.69, 9.17) is 5.11 Å². The molecule has 80 valence electrons. The molecule has 1 aliphatic rings. The minimum Gasteiger partial charge on any atom is -0.481 e. The highest BCUT2D eigenvalue weighted by atomic mass is 19.1. The van der Waals surface area contributed by atoms with E-state index in [9.17, 15) is 9.18 Å². The number of carbonyl (C=O) groups is 1. The molecule has 0 heterocycles. The second-order valence-electron chi connectivity index (χ2n) is 4.46. The smallest absolute Gasteiger partial charge is 0.304 e. The summed E-state index contributed by atoms with van der Waals surface area (Å²) in [5.41, 5.74) is -0.788. The van der Waals surface area contributed by atoms with Crippen LogP contribution in [0.15, 0.2) is 12.4 Å². The first-order valence-electron chi connectivity index (χ1n) is 5.03. The molecule has 0 bridgehead atoms. The zero-order valence-electron chi connectivity index (χ0n) is 8.55. The lowest BCUT2D eigenvalue weighted by Gasteiger charge is -2.37. The van der Waals surface area contributed by atoms with Gasteiger partial charge < -0.3 is 5.11 Å². The first-order chi connectivity index (χ1) is 6.46. The van der Waals surface area contributed by atoms with Gasteiger partial charge in [-0.2, -0.15) is 0 Å². The lowest BCUT2D eigenvalue weighted by molar-refractivity contribution is -0.140. The maximum atomic E-state index is 13.3. The Morgan fingerprint density at radius 2 is 2.36 bits per heavy atom. The van der Waals surface area contributed by atoms with Gasteiger partial charge in [0.25, 0.3) is 0 Å². The number of hydrogen-bond acceptors (Lipinski definition) is 1. The summed E-state index contributed by atoms with van der Waals surface area (Å²) in [6, 6.07) is 0. The summed E-state index contributed by atoms with van der Waals surface area (Å²) in [5.74, 6) is -0.986. The van der Waals surface area contributed by atoms with Gasteiger partial charge in [-0.1, -0.05) is 26.3 Å². The first-order valence-corrected chi connectivity index (χ1v) is 5.03. The molecule has 2 atom stereocenters. The van der Waals surface area contributed by atoms with Gasteiger partial charge in [0.2, 0.25) is 0 Å². The van der Waals surface area contributed by atoms with Crippen LogP contribution in [-0.4, -0.2) is 11.1 Å². The number of carboxylic acids is 1. The van der Waals surface area contributed by atoms with Crippen molar-refractivity contribution >= 4 is 5.97 Å². The van der Waals surface area contributed by atoms with E-state index in [2.05, 4.69) is 6.58 Å². The monoisotopic (exact) mass is 200 g/mol. The number of allylic oxidation sites excluding steroid dienone is 1. The van der Waals surface area contributed by atoms with Crippen LogP contribution in [0.3, 0.4) is 0 Å².